The summed E-state index contributed by atoms with van der Waals surface area (Å²) in [6.45, 7) is 9.82. The van der Waals surface area contributed by atoms with Crippen molar-refractivity contribution in [2.24, 2.45) is 5.92 Å². The van der Waals surface area contributed by atoms with Crippen LogP contribution in [-0.4, -0.2) is 49.8 Å². The fourth-order valence-electron chi connectivity index (χ4n) is 4.34. The van der Waals surface area contributed by atoms with Crippen LogP contribution >= 0.6 is 0 Å². The van der Waals surface area contributed by atoms with Gasteiger partial charge in [0.1, 0.15) is 0 Å². The highest BCUT2D eigenvalue weighted by Gasteiger charge is 2.38. The normalized spacial score (nSPS) is 11.9. The summed E-state index contributed by atoms with van der Waals surface area (Å²) >= 11 is 0. The van der Waals surface area contributed by atoms with Crippen molar-refractivity contribution in [3.8, 4) is 11.3 Å². The molecule has 9 nitrogen and oxygen atoms in total. The lowest BCUT2D eigenvalue weighted by atomic mass is 10.0. The summed E-state index contributed by atoms with van der Waals surface area (Å²) in [5.41, 5.74) is 1.68. The van der Waals surface area contributed by atoms with E-state index < -0.39 is 11.9 Å². The summed E-state index contributed by atoms with van der Waals surface area (Å²) in [5.74, 6) is 0.613. The van der Waals surface area contributed by atoms with Crippen LogP contribution in [0.2, 0.25) is 0 Å². The van der Waals surface area contributed by atoms with Gasteiger partial charge in [-0.1, -0.05) is 27.7 Å². The summed E-state index contributed by atoms with van der Waals surface area (Å²) in [4.78, 5) is 21.5. The van der Waals surface area contributed by atoms with E-state index in [-0.39, 0.29) is 17.2 Å². The first-order chi connectivity index (χ1) is 19.1. The van der Waals surface area contributed by atoms with Crippen LogP contribution in [0.4, 0.5) is 24.7 Å². The van der Waals surface area contributed by atoms with E-state index in [1.54, 1.807) is 22.7 Å². The second-order valence-corrected chi connectivity index (χ2v) is 9.84. The van der Waals surface area contributed by atoms with Crippen molar-refractivity contribution in [1.82, 2.24) is 29.5 Å². The molecule has 4 aromatic rings. The Bertz CT molecular complexity index is 1460. The molecule has 1 amide bonds. The van der Waals surface area contributed by atoms with Gasteiger partial charge >= 0.3 is 6.18 Å². The first-order valence-electron chi connectivity index (χ1n) is 13.3. The Morgan fingerprint density at radius 2 is 1.98 bits per heavy atom. The van der Waals surface area contributed by atoms with Crippen LogP contribution in [0.1, 0.15) is 55.7 Å². The molecule has 0 spiro atoms. The van der Waals surface area contributed by atoms with Gasteiger partial charge in [-0.25, -0.2) is 9.97 Å². The number of amides is 1. The van der Waals surface area contributed by atoms with Crippen molar-refractivity contribution < 1.29 is 22.7 Å². The molecule has 2 N–H and O–H groups in total. The van der Waals surface area contributed by atoms with Gasteiger partial charge in [0.25, 0.3) is 5.91 Å². The number of aromatic nitrogens is 5. The molecule has 4 rings (SSSR count). The van der Waals surface area contributed by atoms with Gasteiger partial charge in [0.2, 0.25) is 0 Å². The van der Waals surface area contributed by atoms with E-state index in [4.69, 9.17) is 4.74 Å². The van der Waals surface area contributed by atoms with Gasteiger partial charge in [-0.3, -0.25) is 13.9 Å². The first-order valence-corrected chi connectivity index (χ1v) is 13.3. The third-order valence-electron chi connectivity index (χ3n) is 6.16. The number of carbonyl (C=O) groups excluding carboxylic acids is 1. The summed E-state index contributed by atoms with van der Waals surface area (Å²) in [6.07, 6.45) is 2.51. The Labute approximate surface area is 230 Å². The molecule has 0 saturated carbocycles. The third kappa shape index (κ3) is 6.61. The van der Waals surface area contributed by atoms with Crippen LogP contribution in [0, 0.1) is 5.92 Å². The highest BCUT2D eigenvalue weighted by molar-refractivity contribution is 5.96. The number of anilines is 2. The van der Waals surface area contributed by atoms with Crippen molar-refractivity contribution >= 4 is 23.1 Å². The van der Waals surface area contributed by atoms with Gasteiger partial charge in [0, 0.05) is 49.5 Å². The Morgan fingerprint density at radius 3 is 2.67 bits per heavy atom. The topological polar surface area (TPSA) is 98.4 Å². The van der Waals surface area contributed by atoms with Crippen molar-refractivity contribution in [3.63, 3.8) is 0 Å². The minimum Gasteiger partial charge on any atom is -0.379 e. The number of rotatable bonds is 12. The molecular formula is C28H34F3N7O2. The van der Waals surface area contributed by atoms with E-state index in [0.29, 0.717) is 67.8 Å². The molecule has 0 aliphatic rings. The number of nitrogens with one attached hydrogen (secondary N) is 2. The Hall–Kier alpha value is -3.93. The molecule has 3 aromatic heterocycles. The second kappa shape index (κ2) is 12.5. The van der Waals surface area contributed by atoms with Gasteiger partial charge in [0.05, 0.1) is 24.1 Å². The zero-order valence-corrected chi connectivity index (χ0v) is 23.0. The number of nitrogens with zero attached hydrogens (tertiary/aromatic N) is 5. The maximum Gasteiger partial charge on any atom is 0.435 e. The van der Waals surface area contributed by atoms with E-state index >= 15 is 0 Å². The lowest BCUT2D eigenvalue weighted by Gasteiger charge is -2.13. The van der Waals surface area contributed by atoms with Crippen molar-refractivity contribution in [2.75, 3.05) is 25.1 Å². The van der Waals surface area contributed by atoms with E-state index in [2.05, 4.69) is 39.5 Å². The second-order valence-electron chi connectivity index (χ2n) is 9.84. The van der Waals surface area contributed by atoms with Crippen molar-refractivity contribution in [1.29, 1.82) is 0 Å². The molecule has 0 bridgehead atoms. The number of hydrogen-bond donors (Lipinski definition) is 2. The summed E-state index contributed by atoms with van der Waals surface area (Å²) in [5, 5.41) is 9.87. The number of hydrogen-bond acceptors (Lipinski definition) is 6. The molecule has 40 heavy (non-hydrogen) atoms. The van der Waals surface area contributed by atoms with Crippen LogP contribution in [0.3, 0.4) is 0 Å². The summed E-state index contributed by atoms with van der Waals surface area (Å²) in [7, 11) is 0. The minimum absolute atomic E-state index is 0.0520. The summed E-state index contributed by atoms with van der Waals surface area (Å²) in [6, 6.07) is 5.35. The Kier molecular flexibility index (Phi) is 9.08. The molecule has 0 unspecified atom stereocenters. The molecule has 0 radical (unpaired) electrons. The minimum atomic E-state index is -4.61. The van der Waals surface area contributed by atoms with Gasteiger partial charge in [-0.2, -0.15) is 18.3 Å². The fourth-order valence-corrected chi connectivity index (χ4v) is 4.34. The molecule has 0 fully saturated rings. The quantitative estimate of drug-likeness (QED) is 0.216. The molecule has 12 heteroatoms. The van der Waals surface area contributed by atoms with E-state index in [1.807, 2.05) is 19.9 Å². The predicted molar refractivity (Wildman–Crippen MR) is 147 cm³/mol. The number of aryl methyl sites for hydroxylation is 2. The predicted octanol–water partition coefficient (Wildman–Crippen LogP) is 5.73. The molecule has 214 valence electrons. The third-order valence-corrected chi connectivity index (χ3v) is 6.16. The largest absolute Gasteiger partial charge is 0.435 e. The van der Waals surface area contributed by atoms with Crippen LogP contribution in [0.5, 0.6) is 0 Å². The number of fused-ring (bicyclic) bond motifs is 1. The monoisotopic (exact) mass is 557 g/mol. The van der Waals surface area contributed by atoms with Gasteiger partial charge in [-0.05, 0) is 42.5 Å². The average molecular weight is 558 g/mol. The number of alkyl halides is 3. The highest BCUT2D eigenvalue weighted by Crippen LogP contribution is 2.37. The molecule has 0 aliphatic carbocycles. The van der Waals surface area contributed by atoms with Crippen LogP contribution in [0.25, 0.3) is 16.9 Å². The maximum absolute atomic E-state index is 13.8. The van der Waals surface area contributed by atoms with Crippen LogP contribution < -0.4 is 10.6 Å². The maximum atomic E-state index is 13.8. The SMILES string of the molecule is CCCn1cc(-c2cnc3c(Nc4ccc(C(=O)NCCOCC(C)C)c(CC)c4)nccn23)c(C(F)(F)F)n1. The fraction of sp³-hybridized carbons (Fsp3) is 0.429. The number of carbonyl (C=O) groups is 1. The standard InChI is InChI=1S/C28H34F3N7O2/c1-5-11-37-16-22(24(36-37)28(29,30)31)23-15-34-26-25(32-9-12-38(23)26)35-20-7-8-21(19(6-2)14-20)27(39)33-10-13-40-17-18(3)4/h7-9,12,14-16,18H,5-6,10-11,13,17H2,1-4H3,(H,32,35)(H,33,39). The number of ether oxygens (including phenoxy) is 1. The Balaban J connectivity index is 1.57. The van der Waals surface area contributed by atoms with Crippen molar-refractivity contribution in [3.05, 3.63) is 59.8 Å². The average Bonchev–Trinajstić information content (AvgIpc) is 3.53. The van der Waals surface area contributed by atoms with Gasteiger partial charge in [0.15, 0.2) is 17.2 Å². The Morgan fingerprint density at radius 1 is 1.18 bits per heavy atom. The first kappa shape index (κ1) is 29.1. The molecule has 0 aliphatic heterocycles. The molecule has 3 heterocycles. The smallest absolute Gasteiger partial charge is 0.379 e. The number of halogens is 3. The van der Waals surface area contributed by atoms with E-state index in [0.717, 1.165) is 5.56 Å². The van der Waals surface area contributed by atoms with Crippen molar-refractivity contribution in [2.45, 2.75) is 53.3 Å². The van der Waals surface area contributed by atoms with Crippen LogP contribution in [-0.2, 0) is 23.9 Å². The molecule has 0 saturated heterocycles. The lowest BCUT2D eigenvalue weighted by Crippen LogP contribution is -2.28. The molecule has 0 atom stereocenters. The number of imidazole rings is 1. The van der Waals surface area contributed by atoms with Crippen LogP contribution in [0.15, 0.2) is 43.0 Å². The molecular weight excluding hydrogens is 523 g/mol. The molecule has 1 aromatic carbocycles. The van der Waals surface area contributed by atoms with E-state index in [9.17, 15) is 18.0 Å². The lowest BCUT2D eigenvalue weighted by molar-refractivity contribution is -0.141. The van der Waals surface area contributed by atoms with Gasteiger partial charge < -0.3 is 15.4 Å². The summed E-state index contributed by atoms with van der Waals surface area (Å²) < 4.78 is 49.8. The zero-order valence-electron chi connectivity index (χ0n) is 23.0. The number of benzene rings is 1. The zero-order chi connectivity index (χ0) is 28.9. The van der Waals surface area contributed by atoms with E-state index in [1.165, 1.54) is 23.3 Å². The highest BCUT2D eigenvalue weighted by atomic mass is 19.4. The van der Waals surface area contributed by atoms with Gasteiger partial charge in [-0.15, -0.1) is 0 Å².